The van der Waals surface area contributed by atoms with Crippen molar-refractivity contribution in [2.45, 2.75) is 58.4 Å². The van der Waals surface area contributed by atoms with Crippen LogP contribution < -0.4 is 10.6 Å². The van der Waals surface area contributed by atoms with Crippen LogP contribution in [0.5, 0.6) is 0 Å². The molecule has 3 nitrogen and oxygen atoms in total. The van der Waals surface area contributed by atoms with Gasteiger partial charge in [0, 0.05) is 24.5 Å². The number of nitrogens with zero attached hydrogens (tertiary/aromatic N) is 2. The van der Waals surface area contributed by atoms with Gasteiger partial charge in [-0.1, -0.05) is 26.7 Å². The molecule has 112 valence electrons. The Morgan fingerprint density at radius 3 is 2.75 bits per heavy atom. The normalized spacial score (nSPS) is 25.7. The molecule has 0 amide bonds. The zero-order chi connectivity index (χ0) is 14.3. The second-order valence-corrected chi connectivity index (χ2v) is 8.50. The molecule has 0 bridgehead atoms. The van der Waals surface area contributed by atoms with E-state index in [1.54, 1.807) is 0 Å². The van der Waals surface area contributed by atoms with Gasteiger partial charge in [0.15, 0.2) is 5.13 Å². The van der Waals surface area contributed by atoms with Gasteiger partial charge in [0.25, 0.3) is 0 Å². The number of fused-ring (bicyclic) bond motifs is 1. The molecule has 0 saturated heterocycles. The third kappa shape index (κ3) is 2.86. The second kappa shape index (κ2) is 5.30. The average Bonchev–Trinajstić information content (AvgIpc) is 2.96. The van der Waals surface area contributed by atoms with Gasteiger partial charge < -0.3 is 10.6 Å². The number of rotatable bonds is 3. The maximum absolute atomic E-state index is 6.35. The van der Waals surface area contributed by atoms with E-state index in [1.165, 1.54) is 41.4 Å². The van der Waals surface area contributed by atoms with E-state index in [9.17, 15) is 0 Å². The lowest BCUT2D eigenvalue weighted by atomic mass is 9.77. The Hall–Kier alpha value is -0.610. The van der Waals surface area contributed by atoms with E-state index in [1.807, 2.05) is 11.3 Å². The first kappa shape index (κ1) is 14.3. The fourth-order valence-corrected chi connectivity index (χ4v) is 4.86. The van der Waals surface area contributed by atoms with Crippen molar-refractivity contribution in [2.75, 3.05) is 18.5 Å². The Bertz CT molecular complexity index is 474. The van der Waals surface area contributed by atoms with Gasteiger partial charge in [0.1, 0.15) is 0 Å². The van der Waals surface area contributed by atoms with Crippen molar-refractivity contribution < 1.29 is 0 Å². The lowest BCUT2D eigenvalue weighted by Gasteiger charge is -2.32. The highest BCUT2D eigenvalue weighted by Crippen LogP contribution is 2.43. The van der Waals surface area contributed by atoms with Gasteiger partial charge in [-0.3, -0.25) is 0 Å². The summed E-state index contributed by atoms with van der Waals surface area (Å²) in [6, 6.07) is 0.180. The first-order valence-corrected chi connectivity index (χ1v) is 8.72. The van der Waals surface area contributed by atoms with Crippen LogP contribution in [0.3, 0.4) is 0 Å². The number of thiazole rings is 1. The fourth-order valence-electron chi connectivity index (χ4n) is 3.80. The van der Waals surface area contributed by atoms with Gasteiger partial charge in [-0.15, -0.1) is 11.3 Å². The quantitative estimate of drug-likeness (QED) is 0.923. The van der Waals surface area contributed by atoms with Gasteiger partial charge in [-0.05, 0) is 37.0 Å². The molecular weight excluding hydrogens is 266 g/mol. The molecule has 0 aromatic carbocycles. The molecule has 0 radical (unpaired) electrons. The monoisotopic (exact) mass is 293 g/mol. The molecule has 1 fully saturated rings. The molecule has 4 heteroatoms. The van der Waals surface area contributed by atoms with E-state index in [-0.39, 0.29) is 6.04 Å². The topological polar surface area (TPSA) is 42.2 Å². The van der Waals surface area contributed by atoms with E-state index in [0.29, 0.717) is 5.41 Å². The number of anilines is 1. The Kier molecular flexibility index (Phi) is 3.80. The highest BCUT2D eigenvalue weighted by molar-refractivity contribution is 7.15. The van der Waals surface area contributed by atoms with Crippen LogP contribution in [0.1, 0.15) is 62.6 Å². The lowest BCUT2D eigenvalue weighted by molar-refractivity contribution is 0.282. The van der Waals surface area contributed by atoms with Crippen molar-refractivity contribution in [2.24, 2.45) is 17.1 Å². The maximum Gasteiger partial charge on any atom is 0.185 e. The first-order chi connectivity index (χ1) is 9.44. The van der Waals surface area contributed by atoms with Gasteiger partial charge in [0.05, 0.1) is 5.69 Å². The Balaban J connectivity index is 1.75. The summed E-state index contributed by atoms with van der Waals surface area (Å²) in [5.74, 6) is 0.867. The summed E-state index contributed by atoms with van der Waals surface area (Å²) in [7, 11) is 2.19. The van der Waals surface area contributed by atoms with Crippen molar-refractivity contribution >= 4 is 16.5 Å². The number of nitrogens with two attached hydrogens (primary N) is 1. The smallest absolute Gasteiger partial charge is 0.185 e. The van der Waals surface area contributed by atoms with Crippen molar-refractivity contribution in [3.8, 4) is 0 Å². The molecule has 0 aliphatic heterocycles. The molecule has 20 heavy (non-hydrogen) atoms. The predicted octanol–water partition coefficient (Wildman–Crippen LogP) is 3.74. The van der Waals surface area contributed by atoms with Gasteiger partial charge in [-0.25, -0.2) is 4.98 Å². The molecule has 1 aromatic rings. The largest absolute Gasteiger partial charge is 0.351 e. The Morgan fingerprint density at radius 2 is 2.05 bits per heavy atom. The van der Waals surface area contributed by atoms with E-state index in [2.05, 4.69) is 25.8 Å². The number of aromatic nitrogens is 1. The van der Waals surface area contributed by atoms with E-state index < -0.39 is 0 Å². The zero-order valence-electron chi connectivity index (χ0n) is 13.0. The summed E-state index contributed by atoms with van der Waals surface area (Å²) in [5, 5.41) is 1.18. The second-order valence-electron chi connectivity index (χ2n) is 7.49. The minimum absolute atomic E-state index is 0.180. The maximum atomic E-state index is 6.35. The predicted molar refractivity (Wildman–Crippen MR) is 86.4 cm³/mol. The Labute approximate surface area is 126 Å². The third-order valence-corrected chi connectivity index (χ3v) is 6.15. The summed E-state index contributed by atoms with van der Waals surface area (Å²) in [5.41, 5.74) is 7.90. The van der Waals surface area contributed by atoms with Crippen LogP contribution in [0.25, 0.3) is 0 Å². The lowest BCUT2D eigenvalue weighted by Crippen LogP contribution is -2.28. The van der Waals surface area contributed by atoms with Crippen LogP contribution >= 0.6 is 11.3 Å². The van der Waals surface area contributed by atoms with Crippen LogP contribution in [-0.4, -0.2) is 18.6 Å². The van der Waals surface area contributed by atoms with Crippen LogP contribution in [-0.2, 0) is 6.42 Å². The average molecular weight is 293 g/mol. The Morgan fingerprint density at radius 1 is 1.35 bits per heavy atom. The van der Waals surface area contributed by atoms with Gasteiger partial charge in [-0.2, -0.15) is 0 Å². The standard InChI is InChI=1S/C16H27N3S/c1-16(2)8-12(17)14-13(9-16)18-15(20-14)19(3)10-11-6-4-5-7-11/h11-12H,4-10,17H2,1-3H3. The van der Waals surface area contributed by atoms with Crippen LogP contribution in [0.2, 0.25) is 0 Å². The summed E-state index contributed by atoms with van der Waals surface area (Å²) >= 11 is 1.83. The van der Waals surface area contributed by atoms with Crippen LogP contribution in [0, 0.1) is 11.3 Å². The summed E-state index contributed by atoms with van der Waals surface area (Å²) in [4.78, 5) is 8.59. The van der Waals surface area contributed by atoms with E-state index >= 15 is 0 Å². The molecule has 0 spiro atoms. The minimum Gasteiger partial charge on any atom is -0.351 e. The first-order valence-electron chi connectivity index (χ1n) is 7.91. The zero-order valence-corrected chi connectivity index (χ0v) is 13.8. The number of hydrogen-bond acceptors (Lipinski definition) is 4. The molecule has 3 rings (SSSR count). The minimum atomic E-state index is 0.180. The van der Waals surface area contributed by atoms with Gasteiger partial charge >= 0.3 is 0 Å². The van der Waals surface area contributed by atoms with Crippen LogP contribution in [0.15, 0.2) is 0 Å². The molecule has 1 atom stereocenters. The molecule has 1 aromatic heterocycles. The van der Waals surface area contributed by atoms with Crippen LogP contribution in [0.4, 0.5) is 5.13 Å². The number of hydrogen-bond donors (Lipinski definition) is 1. The molecule has 1 heterocycles. The van der Waals surface area contributed by atoms with E-state index in [0.717, 1.165) is 25.3 Å². The van der Waals surface area contributed by atoms with Crippen molar-refractivity contribution in [3.63, 3.8) is 0 Å². The fraction of sp³-hybridized carbons (Fsp3) is 0.812. The summed E-state index contributed by atoms with van der Waals surface area (Å²) in [6.07, 6.45) is 7.75. The van der Waals surface area contributed by atoms with Crippen molar-refractivity contribution in [3.05, 3.63) is 10.6 Å². The van der Waals surface area contributed by atoms with E-state index in [4.69, 9.17) is 10.7 Å². The SMILES string of the molecule is CN(CC1CCCC1)c1nc2c(s1)C(N)CC(C)(C)C2. The summed E-state index contributed by atoms with van der Waals surface area (Å²) < 4.78 is 0. The summed E-state index contributed by atoms with van der Waals surface area (Å²) in [6.45, 7) is 5.76. The van der Waals surface area contributed by atoms with Gasteiger partial charge in [0.2, 0.25) is 0 Å². The van der Waals surface area contributed by atoms with Crippen molar-refractivity contribution in [1.82, 2.24) is 4.98 Å². The molecule has 2 N–H and O–H groups in total. The van der Waals surface area contributed by atoms with Crippen molar-refractivity contribution in [1.29, 1.82) is 0 Å². The molecule has 1 unspecified atom stereocenters. The molecule has 2 aliphatic carbocycles. The molecular formula is C16H27N3S. The third-order valence-electron chi connectivity index (χ3n) is 4.80. The molecule has 1 saturated carbocycles. The molecule has 2 aliphatic rings. The highest BCUT2D eigenvalue weighted by Gasteiger charge is 2.33. The highest BCUT2D eigenvalue weighted by atomic mass is 32.1.